The molecule has 1 N–H and O–H groups in total. The van der Waals surface area contributed by atoms with Gasteiger partial charge in [0.1, 0.15) is 0 Å². The molecule has 1 aliphatic rings. The largest absolute Gasteiger partial charge is 0.478 e. The highest BCUT2D eigenvalue weighted by Crippen LogP contribution is 2.33. The van der Waals surface area contributed by atoms with Crippen molar-refractivity contribution in [3.05, 3.63) is 78.6 Å². The molecule has 1 atom stereocenters. The van der Waals surface area contributed by atoms with Crippen molar-refractivity contribution in [3.8, 4) is 5.69 Å². The van der Waals surface area contributed by atoms with Crippen molar-refractivity contribution in [2.45, 2.75) is 10.1 Å². The van der Waals surface area contributed by atoms with Gasteiger partial charge in [-0.1, -0.05) is 24.3 Å². The van der Waals surface area contributed by atoms with E-state index in [0.29, 0.717) is 18.8 Å². The topological polar surface area (TPSA) is 62.5 Å². The van der Waals surface area contributed by atoms with Gasteiger partial charge >= 0.3 is 5.97 Å². The minimum atomic E-state index is -1.06. The monoisotopic (exact) mass is 366 g/mol. The number of para-hydroxylation sites is 1. The second-order valence-electron chi connectivity index (χ2n) is 6.21. The Morgan fingerprint density at radius 3 is 2.31 bits per heavy atom. The highest BCUT2D eigenvalue weighted by Gasteiger charge is 2.34. The molecule has 2 aromatic carbocycles. The number of rotatable bonds is 5. The van der Waals surface area contributed by atoms with Gasteiger partial charge < -0.3 is 14.6 Å². The van der Waals surface area contributed by atoms with Gasteiger partial charge in [0.25, 0.3) is 0 Å². The zero-order chi connectivity index (χ0) is 18.1. The van der Waals surface area contributed by atoms with Crippen LogP contribution < -0.4 is 4.90 Å². The van der Waals surface area contributed by atoms with Crippen molar-refractivity contribution in [3.63, 3.8) is 0 Å². The van der Waals surface area contributed by atoms with Crippen LogP contribution in [0.15, 0.2) is 78.0 Å². The third-order valence-corrected chi connectivity index (χ3v) is 6.22. The maximum Gasteiger partial charge on any atom is 0.337 e. The minimum absolute atomic E-state index is 0.0448. The van der Waals surface area contributed by atoms with Crippen LogP contribution in [0.2, 0.25) is 0 Å². The standard InChI is InChI=1S/C20H18N2O3S/c23-20(24)17-9-6-10-18(19(17)21-11-4-5-12-21)22-13-16(14-22)26(25)15-7-2-1-3-8-15/h1-12,16H,13-14H2,(H,23,24). The zero-order valence-corrected chi connectivity index (χ0v) is 14.8. The fourth-order valence-corrected chi connectivity index (χ4v) is 4.67. The zero-order valence-electron chi connectivity index (χ0n) is 14.0. The van der Waals surface area contributed by atoms with Crippen LogP contribution in [0, 0.1) is 0 Å². The Morgan fingerprint density at radius 2 is 1.65 bits per heavy atom. The van der Waals surface area contributed by atoms with E-state index < -0.39 is 16.8 Å². The summed E-state index contributed by atoms with van der Waals surface area (Å²) in [5, 5.41) is 9.61. The first-order chi connectivity index (χ1) is 12.6. The number of hydrogen-bond donors (Lipinski definition) is 1. The highest BCUT2D eigenvalue weighted by molar-refractivity contribution is 7.85. The lowest BCUT2D eigenvalue weighted by atomic mass is 10.1. The van der Waals surface area contributed by atoms with Gasteiger partial charge in [0.2, 0.25) is 0 Å². The van der Waals surface area contributed by atoms with E-state index in [9.17, 15) is 14.1 Å². The van der Waals surface area contributed by atoms with Crippen LogP contribution >= 0.6 is 0 Å². The van der Waals surface area contributed by atoms with Gasteiger partial charge in [-0.15, -0.1) is 0 Å². The summed E-state index contributed by atoms with van der Waals surface area (Å²) in [6, 6.07) is 18.5. The van der Waals surface area contributed by atoms with Crippen molar-refractivity contribution in [2.24, 2.45) is 0 Å². The SMILES string of the molecule is O=C(O)c1cccc(N2CC(S(=O)c3ccccc3)C2)c1-n1cccc1. The van der Waals surface area contributed by atoms with Crippen LogP contribution in [0.25, 0.3) is 5.69 Å². The number of carbonyl (C=O) groups is 1. The van der Waals surface area contributed by atoms with E-state index in [0.717, 1.165) is 10.6 Å². The predicted molar refractivity (Wildman–Crippen MR) is 102 cm³/mol. The maximum absolute atomic E-state index is 12.7. The molecule has 0 aliphatic carbocycles. The third-order valence-electron chi connectivity index (χ3n) is 4.57. The number of anilines is 1. The van der Waals surface area contributed by atoms with E-state index in [-0.39, 0.29) is 10.8 Å². The Hall–Kier alpha value is -2.86. The maximum atomic E-state index is 12.7. The molecule has 0 saturated carbocycles. The molecule has 5 nitrogen and oxygen atoms in total. The van der Waals surface area contributed by atoms with Gasteiger partial charge in [-0.2, -0.15) is 0 Å². The van der Waals surface area contributed by atoms with E-state index in [1.807, 2.05) is 65.5 Å². The molecule has 2 heterocycles. The summed E-state index contributed by atoms with van der Waals surface area (Å²) >= 11 is 0. The molecule has 0 amide bonds. The quantitative estimate of drug-likeness (QED) is 0.753. The summed E-state index contributed by atoms with van der Waals surface area (Å²) in [5.41, 5.74) is 1.75. The first kappa shape index (κ1) is 16.6. The smallest absolute Gasteiger partial charge is 0.337 e. The molecule has 1 saturated heterocycles. The molecule has 0 radical (unpaired) electrons. The van der Waals surface area contributed by atoms with Crippen LogP contribution in [-0.2, 0) is 10.8 Å². The Morgan fingerprint density at radius 1 is 0.962 bits per heavy atom. The van der Waals surface area contributed by atoms with Crippen molar-refractivity contribution in [1.82, 2.24) is 4.57 Å². The van der Waals surface area contributed by atoms with Gasteiger partial charge in [-0.3, -0.25) is 4.21 Å². The molecule has 1 aliphatic heterocycles. The fraction of sp³-hybridized carbons (Fsp3) is 0.150. The molecule has 0 bridgehead atoms. The molecule has 1 aromatic heterocycles. The van der Waals surface area contributed by atoms with Gasteiger partial charge in [0.15, 0.2) is 0 Å². The van der Waals surface area contributed by atoms with Crippen molar-refractivity contribution < 1.29 is 14.1 Å². The summed E-state index contributed by atoms with van der Waals surface area (Å²) in [6.07, 6.45) is 3.68. The van der Waals surface area contributed by atoms with E-state index in [1.54, 1.807) is 12.1 Å². The Kier molecular flexibility index (Phi) is 4.34. The number of hydrogen-bond acceptors (Lipinski definition) is 3. The lowest BCUT2D eigenvalue weighted by molar-refractivity contribution is 0.0697. The summed E-state index contributed by atoms with van der Waals surface area (Å²) < 4.78 is 14.5. The number of carboxylic acid groups (broad SMARTS) is 1. The first-order valence-electron chi connectivity index (χ1n) is 8.35. The summed E-state index contributed by atoms with van der Waals surface area (Å²) in [6.45, 7) is 1.28. The first-order valence-corrected chi connectivity index (χ1v) is 9.56. The predicted octanol–water partition coefficient (Wildman–Crippen LogP) is 3.17. The lowest BCUT2D eigenvalue weighted by Gasteiger charge is -2.41. The normalized spacial score (nSPS) is 15.5. The summed E-state index contributed by atoms with van der Waals surface area (Å²) in [4.78, 5) is 14.6. The lowest BCUT2D eigenvalue weighted by Crippen LogP contribution is -2.53. The van der Waals surface area contributed by atoms with Crippen LogP contribution in [0.4, 0.5) is 5.69 Å². The van der Waals surface area contributed by atoms with Crippen LogP contribution in [0.1, 0.15) is 10.4 Å². The molecule has 6 heteroatoms. The third kappa shape index (κ3) is 2.93. The van der Waals surface area contributed by atoms with E-state index >= 15 is 0 Å². The number of benzene rings is 2. The Balaban J connectivity index is 1.61. The molecule has 26 heavy (non-hydrogen) atoms. The second-order valence-corrected chi connectivity index (χ2v) is 7.94. The molecule has 0 spiro atoms. The van der Waals surface area contributed by atoms with Crippen LogP contribution in [0.5, 0.6) is 0 Å². The summed E-state index contributed by atoms with van der Waals surface area (Å²) in [7, 11) is -1.06. The van der Waals surface area contributed by atoms with E-state index in [1.165, 1.54) is 0 Å². The number of nitrogens with zero attached hydrogens (tertiary/aromatic N) is 2. The van der Waals surface area contributed by atoms with E-state index in [2.05, 4.69) is 4.90 Å². The number of aromatic nitrogens is 1. The fourth-order valence-electron chi connectivity index (χ4n) is 3.23. The Labute approximate surface area is 154 Å². The number of carboxylic acids is 1. The molecule has 1 fully saturated rings. The summed E-state index contributed by atoms with van der Waals surface area (Å²) in [5.74, 6) is -0.958. The van der Waals surface area contributed by atoms with Gasteiger partial charge in [0, 0.05) is 30.4 Å². The highest BCUT2D eigenvalue weighted by atomic mass is 32.2. The molecule has 1 unspecified atom stereocenters. The van der Waals surface area contributed by atoms with Crippen LogP contribution in [0.3, 0.4) is 0 Å². The Bertz CT molecular complexity index is 948. The van der Waals surface area contributed by atoms with Gasteiger partial charge in [0.05, 0.1) is 33.0 Å². The van der Waals surface area contributed by atoms with Crippen molar-refractivity contribution in [2.75, 3.05) is 18.0 Å². The minimum Gasteiger partial charge on any atom is -0.478 e. The molecule has 4 rings (SSSR count). The molecule has 132 valence electrons. The molecular weight excluding hydrogens is 348 g/mol. The average Bonchev–Trinajstić information content (AvgIpc) is 3.15. The van der Waals surface area contributed by atoms with Crippen LogP contribution in [-0.4, -0.2) is 38.2 Å². The van der Waals surface area contributed by atoms with Gasteiger partial charge in [-0.25, -0.2) is 4.79 Å². The molecular formula is C20H18N2O3S. The van der Waals surface area contributed by atoms with Crippen molar-refractivity contribution in [1.29, 1.82) is 0 Å². The second kappa shape index (κ2) is 6.80. The van der Waals surface area contributed by atoms with Gasteiger partial charge in [-0.05, 0) is 36.4 Å². The molecule has 3 aromatic rings. The van der Waals surface area contributed by atoms with E-state index in [4.69, 9.17) is 0 Å². The number of aromatic carboxylic acids is 1. The van der Waals surface area contributed by atoms with Crippen molar-refractivity contribution >= 4 is 22.5 Å². The average molecular weight is 366 g/mol.